The lowest BCUT2D eigenvalue weighted by molar-refractivity contribution is 0.208. The summed E-state index contributed by atoms with van der Waals surface area (Å²) in [5, 5.41) is 3.00. The Morgan fingerprint density at radius 3 is 2.18 bits per heavy atom. The van der Waals surface area contributed by atoms with Crippen molar-refractivity contribution in [1.29, 1.82) is 0 Å². The van der Waals surface area contributed by atoms with Crippen LogP contribution in [0.2, 0.25) is 0 Å². The van der Waals surface area contributed by atoms with E-state index in [9.17, 15) is 4.79 Å². The van der Waals surface area contributed by atoms with Gasteiger partial charge in [0.05, 0.1) is 0 Å². The number of benzene rings is 2. The van der Waals surface area contributed by atoms with E-state index < -0.39 is 0 Å². The van der Waals surface area contributed by atoms with E-state index in [1.54, 1.807) is 0 Å². The van der Waals surface area contributed by atoms with Crippen LogP contribution in [0.25, 0.3) is 0 Å². The van der Waals surface area contributed by atoms with Crippen LogP contribution in [0.1, 0.15) is 25.0 Å². The van der Waals surface area contributed by atoms with Crippen LogP contribution in [-0.2, 0) is 0 Å². The lowest BCUT2D eigenvalue weighted by Crippen LogP contribution is -2.50. The van der Waals surface area contributed by atoms with Crippen molar-refractivity contribution in [2.24, 2.45) is 0 Å². The number of carbonyl (C=O) groups is 1. The van der Waals surface area contributed by atoms with Crippen molar-refractivity contribution < 1.29 is 4.79 Å². The van der Waals surface area contributed by atoms with E-state index in [0.717, 1.165) is 45.0 Å². The summed E-state index contributed by atoms with van der Waals surface area (Å²) in [5.74, 6) is 0. The number of amides is 2. The molecule has 1 heterocycles. The van der Waals surface area contributed by atoms with E-state index in [-0.39, 0.29) is 6.03 Å². The first-order chi connectivity index (χ1) is 13.5. The molecule has 5 heteroatoms. The van der Waals surface area contributed by atoms with Gasteiger partial charge in [0.2, 0.25) is 0 Å². The van der Waals surface area contributed by atoms with Gasteiger partial charge in [-0.15, -0.1) is 0 Å². The number of rotatable bonds is 5. The van der Waals surface area contributed by atoms with Crippen LogP contribution in [0.3, 0.4) is 0 Å². The van der Waals surface area contributed by atoms with Crippen molar-refractivity contribution in [3.8, 4) is 0 Å². The Morgan fingerprint density at radius 1 is 0.964 bits per heavy atom. The van der Waals surface area contributed by atoms with Crippen LogP contribution >= 0.6 is 0 Å². The van der Waals surface area contributed by atoms with Crippen molar-refractivity contribution in [2.75, 3.05) is 54.4 Å². The molecule has 0 spiro atoms. The highest BCUT2D eigenvalue weighted by atomic mass is 16.2. The van der Waals surface area contributed by atoms with Crippen molar-refractivity contribution in [1.82, 2.24) is 4.90 Å². The molecule has 28 heavy (non-hydrogen) atoms. The number of urea groups is 1. The number of nitrogens with zero attached hydrogens (tertiary/aromatic N) is 3. The Balaban J connectivity index is 1.59. The summed E-state index contributed by atoms with van der Waals surface area (Å²) in [6.45, 7) is 13.8. The van der Waals surface area contributed by atoms with Crippen LogP contribution in [-0.4, -0.2) is 50.2 Å². The molecule has 1 fully saturated rings. The maximum atomic E-state index is 12.5. The molecule has 150 valence electrons. The zero-order valence-electron chi connectivity index (χ0n) is 17.5. The summed E-state index contributed by atoms with van der Waals surface area (Å²) in [6.07, 6.45) is 0. The van der Waals surface area contributed by atoms with E-state index in [4.69, 9.17) is 0 Å². The van der Waals surface area contributed by atoms with E-state index in [1.165, 1.54) is 22.5 Å². The van der Waals surface area contributed by atoms with Crippen LogP contribution in [0, 0.1) is 13.8 Å². The standard InChI is InChI=1S/C23H32N4O/c1-5-25(6-2)21-11-12-22(19(4)17-21)26-13-15-27(16-14-26)23(28)24-20-9-7-18(3)8-10-20/h7-12,17H,5-6,13-16H2,1-4H3,(H,24,28). The third-order valence-corrected chi connectivity index (χ3v) is 5.52. The molecular weight excluding hydrogens is 348 g/mol. The zero-order valence-corrected chi connectivity index (χ0v) is 17.5. The lowest BCUT2D eigenvalue weighted by Gasteiger charge is -2.37. The Labute approximate surface area is 168 Å². The highest BCUT2D eigenvalue weighted by Gasteiger charge is 2.22. The number of hydrogen-bond acceptors (Lipinski definition) is 3. The third-order valence-electron chi connectivity index (χ3n) is 5.52. The zero-order chi connectivity index (χ0) is 20.1. The maximum Gasteiger partial charge on any atom is 0.321 e. The molecule has 1 aliphatic heterocycles. The molecule has 2 aromatic rings. The first kappa shape index (κ1) is 20.1. The fourth-order valence-corrected chi connectivity index (χ4v) is 3.77. The predicted octanol–water partition coefficient (Wildman–Crippen LogP) is 4.50. The fourth-order valence-electron chi connectivity index (χ4n) is 3.77. The molecule has 1 N–H and O–H groups in total. The Kier molecular flexibility index (Phi) is 6.45. The van der Waals surface area contributed by atoms with Gasteiger partial charge < -0.3 is 20.0 Å². The van der Waals surface area contributed by atoms with E-state index >= 15 is 0 Å². The number of anilines is 3. The third kappa shape index (κ3) is 4.58. The lowest BCUT2D eigenvalue weighted by atomic mass is 10.1. The normalized spacial score (nSPS) is 14.1. The molecule has 1 saturated heterocycles. The molecule has 0 aliphatic carbocycles. The van der Waals surface area contributed by atoms with Crippen LogP contribution < -0.4 is 15.1 Å². The molecule has 5 nitrogen and oxygen atoms in total. The number of aryl methyl sites for hydroxylation is 2. The van der Waals surface area contributed by atoms with Crippen molar-refractivity contribution in [3.05, 3.63) is 53.6 Å². The summed E-state index contributed by atoms with van der Waals surface area (Å²) < 4.78 is 0. The predicted molar refractivity (Wildman–Crippen MR) is 119 cm³/mol. The molecule has 0 saturated carbocycles. The second-order valence-electron chi connectivity index (χ2n) is 7.41. The Morgan fingerprint density at radius 2 is 1.61 bits per heavy atom. The number of piperazine rings is 1. The molecular formula is C23H32N4O. The van der Waals surface area contributed by atoms with Crippen molar-refractivity contribution >= 4 is 23.1 Å². The van der Waals surface area contributed by atoms with Gasteiger partial charge in [0, 0.05) is 56.3 Å². The maximum absolute atomic E-state index is 12.5. The Hall–Kier alpha value is -2.69. The first-order valence-corrected chi connectivity index (χ1v) is 10.2. The minimum Gasteiger partial charge on any atom is -0.372 e. The largest absolute Gasteiger partial charge is 0.372 e. The van der Waals surface area contributed by atoms with E-state index in [1.807, 2.05) is 36.1 Å². The number of hydrogen-bond donors (Lipinski definition) is 1. The molecule has 0 radical (unpaired) electrons. The summed E-state index contributed by atoms with van der Waals surface area (Å²) >= 11 is 0. The fraction of sp³-hybridized carbons (Fsp3) is 0.435. The summed E-state index contributed by atoms with van der Waals surface area (Å²) in [5.41, 5.74) is 5.88. The molecule has 0 unspecified atom stereocenters. The first-order valence-electron chi connectivity index (χ1n) is 10.2. The van der Waals surface area contributed by atoms with Gasteiger partial charge in [0.25, 0.3) is 0 Å². The quantitative estimate of drug-likeness (QED) is 0.830. The van der Waals surface area contributed by atoms with Crippen molar-refractivity contribution in [3.63, 3.8) is 0 Å². The van der Waals surface area contributed by atoms with E-state index in [0.29, 0.717) is 0 Å². The topological polar surface area (TPSA) is 38.8 Å². The molecule has 1 aliphatic rings. The minimum absolute atomic E-state index is 0.0166. The van der Waals surface area contributed by atoms with Gasteiger partial charge in [-0.3, -0.25) is 0 Å². The van der Waals surface area contributed by atoms with Gasteiger partial charge >= 0.3 is 6.03 Å². The number of nitrogens with one attached hydrogen (secondary N) is 1. The van der Waals surface area contributed by atoms with Gasteiger partial charge in [-0.1, -0.05) is 17.7 Å². The SMILES string of the molecule is CCN(CC)c1ccc(N2CCN(C(=O)Nc3ccc(C)cc3)CC2)c(C)c1. The van der Waals surface area contributed by atoms with Crippen LogP contribution in [0.4, 0.5) is 21.9 Å². The second-order valence-corrected chi connectivity index (χ2v) is 7.41. The highest BCUT2D eigenvalue weighted by molar-refractivity contribution is 5.89. The van der Waals surface area contributed by atoms with Gasteiger partial charge in [-0.25, -0.2) is 4.79 Å². The molecule has 0 bridgehead atoms. The minimum atomic E-state index is -0.0166. The molecule has 2 amide bonds. The molecule has 3 rings (SSSR count). The van der Waals surface area contributed by atoms with Gasteiger partial charge in [-0.2, -0.15) is 0 Å². The summed E-state index contributed by atoms with van der Waals surface area (Å²) in [7, 11) is 0. The van der Waals surface area contributed by atoms with Crippen LogP contribution in [0.15, 0.2) is 42.5 Å². The molecule has 2 aromatic carbocycles. The second kappa shape index (κ2) is 9.00. The highest BCUT2D eigenvalue weighted by Crippen LogP contribution is 2.26. The average Bonchev–Trinajstić information content (AvgIpc) is 2.71. The summed E-state index contributed by atoms with van der Waals surface area (Å²) in [6, 6.07) is 14.6. The monoisotopic (exact) mass is 380 g/mol. The van der Waals surface area contributed by atoms with Gasteiger partial charge in [-0.05, 0) is 63.6 Å². The Bertz CT molecular complexity index is 791. The summed E-state index contributed by atoms with van der Waals surface area (Å²) in [4.78, 5) is 19.2. The van der Waals surface area contributed by atoms with E-state index in [2.05, 4.69) is 54.1 Å². The van der Waals surface area contributed by atoms with Crippen LogP contribution in [0.5, 0.6) is 0 Å². The molecule has 0 atom stereocenters. The van der Waals surface area contributed by atoms with Gasteiger partial charge in [0.1, 0.15) is 0 Å². The van der Waals surface area contributed by atoms with Crippen molar-refractivity contribution in [2.45, 2.75) is 27.7 Å². The average molecular weight is 381 g/mol. The smallest absolute Gasteiger partial charge is 0.321 e. The molecule has 0 aromatic heterocycles. The van der Waals surface area contributed by atoms with Gasteiger partial charge in [0.15, 0.2) is 0 Å². The number of carbonyl (C=O) groups excluding carboxylic acids is 1.